The fourth-order valence-corrected chi connectivity index (χ4v) is 6.11. The van der Waals surface area contributed by atoms with Crippen molar-refractivity contribution in [2.24, 2.45) is 0 Å². The SMILES string of the molecule is CC(=O)OC(C(=O)C1COC(C)(C)O1)c1c(I)c(N)c(I)c(N)c1I. The lowest BCUT2D eigenvalue weighted by Gasteiger charge is -2.24. The van der Waals surface area contributed by atoms with Gasteiger partial charge < -0.3 is 25.7 Å². The highest BCUT2D eigenvalue weighted by Crippen LogP contribution is 2.40. The molecular weight excluding hydrogens is 669 g/mol. The summed E-state index contributed by atoms with van der Waals surface area (Å²) in [5.74, 6) is -1.86. The summed E-state index contributed by atoms with van der Waals surface area (Å²) in [7, 11) is 0. The van der Waals surface area contributed by atoms with Crippen LogP contribution < -0.4 is 11.5 Å². The minimum atomic E-state index is -1.17. The van der Waals surface area contributed by atoms with Gasteiger partial charge in [-0.15, -0.1) is 0 Å². The summed E-state index contributed by atoms with van der Waals surface area (Å²) in [5.41, 5.74) is 13.6. The number of nitrogen functional groups attached to an aromatic ring is 2. The van der Waals surface area contributed by atoms with Crippen LogP contribution in [0.3, 0.4) is 0 Å². The first-order valence-corrected chi connectivity index (χ1v) is 10.4. The van der Waals surface area contributed by atoms with Gasteiger partial charge in [0.25, 0.3) is 0 Å². The molecule has 1 saturated heterocycles. The second-order valence-corrected chi connectivity index (χ2v) is 9.13. The Morgan fingerprint density at radius 3 is 2.08 bits per heavy atom. The molecule has 2 rings (SSSR count). The van der Waals surface area contributed by atoms with Crippen molar-refractivity contribution in [1.82, 2.24) is 0 Å². The van der Waals surface area contributed by atoms with Crippen molar-refractivity contribution in [2.75, 3.05) is 18.1 Å². The highest BCUT2D eigenvalue weighted by molar-refractivity contribution is 14.1. The van der Waals surface area contributed by atoms with Crippen molar-refractivity contribution in [3.05, 3.63) is 16.3 Å². The Morgan fingerprint density at radius 1 is 1.16 bits per heavy atom. The van der Waals surface area contributed by atoms with Crippen LogP contribution in [0.1, 0.15) is 32.4 Å². The van der Waals surface area contributed by atoms with Crippen molar-refractivity contribution in [3.63, 3.8) is 0 Å². The molecule has 25 heavy (non-hydrogen) atoms. The van der Waals surface area contributed by atoms with Gasteiger partial charge in [0.15, 0.2) is 11.9 Å². The fourth-order valence-electron chi connectivity index (χ4n) is 2.38. The third-order valence-corrected chi connectivity index (χ3v) is 7.04. The third-order valence-electron chi connectivity index (χ3n) is 3.55. The van der Waals surface area contributed by atoms with Gasteiger partial charge in [-0.05, 0) is 81.6 Å². The summed E-state index contributed by atoms with van der Waals surface area (Å²) in [4.78, 5) is 24.6. The van der Waals surface area contributed by atoms with Crippen LogP contribution in [0.15, 0.2) is 0 Å². The number of carbonyl (C=O) groups excluding carboxylic acids is 2. The third kappa shape index (κ3) is 4.50. The molecule has 1 fully saturated rings. The number of rotatable bonds is 4. The van der Waals surface area contributed by atoms with Crippen molar-refractivity contribution < 1.29 is 23.8 Å². The van der Waals surface area contributed by atoms with Crippen LogP contribution in [0.2, 0.25) is 0 Å². The number of ether oxygens (including phenoxy) is 3. The number of Topliss-reactive ketones (excluding diaryl/α,β-unsaturated/α-hetero) is 1. The normalized spacial score (nSPS) is 20.3. The first kappa shape index (κ1) is 21.4. The summed E-state index contributed by atoms with van der Waals surface area (Å²) < 4.78 is 18.4. The zero-order chi connectivity index (χ0) is 19.1. The Balaban J connectivity index is 2.53. The maximum Gasteiger partial charge on any atom is 0.303 e. The Bertz CT molecular complexity index is 709. The van der Waals surface area contributed by atoms with E-state index < -0.39 is 29.7 Å². The monoisotopic (exact) mass is 686 g/mol. The number of ketones is 1. The van der Waals surface area contributed by atoms with Crippen LogP contribution in [0.4, 0.5) is 11.4 Å². The van der Waals surface area contributed by atoms with Gasteiger partial charge in [-0.3, -0.25) is 9.59 Å². The molecule has 1 heterocycles. The molecule has 0 bridgehead atoms. The van der Waals surface area contributed by atoms with E-state index in [1.165, 1.54) is 6.92 Å². The predicted octanol–water partition coefficient (Wildman–Crippen LogP) is 2.99. The maximum atomic E-state index is 13.0. The van der Waals surface area contributed by atoms with E-state index in [1.807, 2.05) is 67.8 Å². The average molecular weight is 686 g/mol. The quantitative estimate of drug-likeness (QED) is 0.285. The van der Waals surface area contributed by atoms with Crippen LogP contribution in [0, 0.1) is 10.7 Å². The van der Waals surface area contributed by atoms with E-state index in [4.69, 9.17) is 25.7 Å². The summed E-state index contributed by atoms with van der Waals surface area (Å²) in [5, 5.41) is 0. The second-order valence-electron chi connectivity index (χ2n) is 5.89. The molecule has 0 aliphatic carbocycles. The Labute approximate surface area is 186 Å². The molecule has 1 aliphatic rings. The molecule has 4 N–H and O–H groups in total. The molecule has 1 aliphatic heterocycles. The number of benzene rings is 1. The topological polar surface area (TPSA) is 114 Å². The number of carbonyl (C=O) groups is 2. The Hall–Kier alpha value is 0.0700. The summed E-state index contributed by atoms with van der Waals surface area (Å²) >= 11 is 6.11. The van der Waals surface area contributed by atoms with E-state index in [1.54, 1.807) is 13.8 Å². The number of nitrogens with two attached hydrogens (primary N) is 2. The number of anilines is 2. The van der Waals surface area contributed by atoms with Crippen molar-refractivity contribution in [1.29, 1.82) is 0 Å². The fraction of sp³-hybridized carbons (Fsp3) is 0.467. The van der Waals surface area contributed by atoms with Crippen LogP contribution in [0.5, 0.6) is 0 Å². The lowest BCUT2D eigenvalue weighted by atomic mass is 10.0. The molecule has 0 radical (unpaired) electrons. The lowest BCUT2D eigenvalue weighted by molar-refractivity contribution is -0.165. The number of halogens is 3. The van der Waals surface area contributed by atoms with E-state index in [9.17, 15) is 9.59 Å². The van der Waals surface area contributed by atoms with Crippen LogP contribution in [-0.4, -0.2) is 30.3 Å². The Kier molecular flexibility index (Phi) is 6.82. The van der Waals surface area contributed by atoms with Gasteiger partial charge in [0.05, 0.1) is 21.6 Å². The van der Waals surface area contributed by atoms with Crippen molar-refractivity contribution >= 4 is 90.9 Å². The second kappa shape index (κ2) is 7.98. The number of hydrogen-bond acceptors (Lipinski definition) is 7. The van der Waals surface area contributed by atoms with E-state index in [0.717, 1.165) is 0 Å². The van der Waals surface area contributed by atoms with Crippen LogP contribution >= 0.6 is 67.8 Å². The van der Waals surface area contributed by atoms with Gasteiger partial charge in [-0.25, -0.2) is 0 Å². The minimum absolute atomic E-state index is 0.0894. The van der Waals surface area contributed by atoms with Crippen molar-refractivity contribution in [3.8, 4) is 0 Å². The zero-order valence-electron chi connectivity index (χ0n) is 13.7. The highest BCUT2D eigenvalue weighted by Gasteiger charge is 2.42. The molecule has 0 saturated carbocycles. The van der Waals surface area contributed by atoms with E-state index >= 15 is 0 Å². The molecule has 138 valence electrons. The lowest BCUT2D eigenvalue weighted by Crippen LogP contribution is -2.34. The molecule has 1 aromatic carbocycles. The van der Waals surface area contributed by atoms with Gasteiger partial charge in [0.2, 0.25) is 5.78 Å². The molecule has 0 amide bonds. The summed E-state index contributed by atoms with van der Waals surface area (Å²) in [6.07, 6.45) is -2.01. The molecule has 2 unspecified atom stereocenters. The number of hydrogen-bond donors (Lipinski definition) is 2. The van der Waals surface area contributed by atoms with Gasteiger partial charge in [0.1, 0.15) is 6.10 Å². The van der Waals surface area contributed by atoms with Crippen LogP contribution in [-0.2, 0) is 23.8 Å². The van der Waals surface area contributed by atoms with Gasteiger partial charge in [-0.2, -0.15) is 0 Å². The molecule has 2 atom stereocenters. The average Bonchev–Trinajstić information content (AvgIpc) is 2.89. The summed E-state index contributed by atoms with van der Waals surface area (Å²) in [6.45, 7) is 4.77. The van der Waals surface area contributed by atoms with Gasteiger partial charge in [-0.1, -0.05) is 0 Å². The molecule has 10 heteroatoms. The molecule has 0 aromatic heterocycles. The molecule has 7 nitrogen and oxygen atoms in total. The largest absolute Gasteiger partial charge is 0.449 e. The standard InChI is InChI=1S/C15H17I3N2O5/c1-5(21)24-14(13(22)6-4-23-15(2,3)25-6)7-8(16)11(19)10(18)12(20)9(7)17/h6,14H,4,19-20H2,1-3H3. The number of esters is 1. The first-order chi connectivity index (χ1) is 11.5. The van der Waals surface area contributed by atoms with Crippen LogP contribution in [0.25, 0.3) is 0 Å². The zero-order valence-corrected chi connectivity index (χ0v) is 20.2. The molecular formula is C15H17I3N2O5. The van der Waals surface area contributed by atoms with E-state index in [-0.39, 0.29) is 6.61 Å². The van der Waals surface area contributed by atoms with Gasteiger partial charge >= 0.3 is 5.97 Å². The highest BCUT2D eigenvalue weighted by atomic mass is 127. The summed E-state index contributed by atoms with van der Waals surface area (Å²) in [6, 6.07) is 0. The predicted molar refractivity (Wildman–Crippen MR) is 118 cm³/mol. The molecule has 1 aromatic rings. The van der Waals surface area contributed by atoms with E-state index in [0.29, 0.717) is 27.6 Å². The van der Waals surface area contributed by atoms with Gasteiger partial charge in [0, 0.05) is 19.6 Å². The minimum Gasteiger partial charge on any atom is -0.449 e. The van der Waals surface area contributed by atoms with Crippen molar-refractivity contribution in [2.45, 2.75) is 38.8 Å². The Morgan fingerprint density at radius 2 is 1.68 bits per heavy atom. The molecule has 0 spiro atoms. The smallest absolute Gasteiger partial charge is 0.303 e. The van der Waals surface area contributed by atoms with E-state index in [2.05, 4.69) is 0 Å². The first-order valence-electron chi connectivity index (χ1n) is 7.20. The maximum absolute atomic E-state index is 13.0.